The van der Waals surface area contributed by atoms with Crippen LogP contribution in [0.1, 0.15) is 63.4 Å². The molecule has 1 saturated carbocycles. The van der Waals surface area contributed by atoms with Gasteiger partial charge in [0.1, 0.15) is 11.5 Å². The summed E-state index contributed by atoms with van der Waals surface area (Å²) in [6.07, 6.45) is 9.31. The SMILES string of the molecule is CN1CCC(N(C)C2=C(c3ccc(F)cc3)C(=O)N(C3CCCCCCC3)C2=O)CC1. The quantitative estimate of drug-likeness (QED) is 0.680. The molecular weight excluding hydrogens is 393 g/mol. The Morgan fingerprint density at radius 3 is 2.06 bits per heavy atom. The third-order valence-electron chi connectivity index (χ3n) is 7.25. The maximum Gasteiger partial charge on any atom is 0.278 e. The summed E-state index contributed by atoms with van der Waals surface area (Å²) in [5.74, 6) is -0.725. The Bertz CT molecular complexity index is 835. The van der Waals surface area contributed by atoms with Gasteiger partial charge in [0.05, 0.1) is 5.57 Å². The fourth-order valence-corrected chi connectivity index (χ4v) is 5.33. The maximum absolute atomic E-state index is 13.7. The number of hydrogen-bond acceptors (Lipinski definition) is 4. The van der Waals surface area contributed by atoms with E-state index in [-0.39, 0.29) is 29.7 Å². The molecule has 0 atom stereocenters. The molecule has 6 heteroatoms. The molecule has 1 aromatic carbocycles. The second-order valence-electron chi connectivity index (χ2n) is 9.36. The summed E-state index contributed by atoms with van der Waals surface area (Å²) < 4.78 is 13.6. The van der Waals surface area contributed by atoms with Crippen molar-refractivity contribution in [2.24, 2.45) is 0 Å². The number of carbonyl (C=O) groups is 2. The van der Waals surface area contributed by atoms with E-state index >= 15 is 0 Å². The average Bonchev–Trinajstić information content (AvgIpc) is 2.99. The molecule has 0 spiro atoms. The number of benzene rings is 1. The van der Waals surface area contributed by atoms with Gasteiger partial charge in [-0.2, -0.15) is 0 Å². The number of likely N-dealkylation sites (tertiary alicyclic amines) is 1. The van der Waals surface area contributed by atoms with Crippen LogP contribution in [0.5, 0.6) is 0 Å². The van der Waals surface area contributed by atoms with Crippen LogP contribution in [0.15, 0.2) is 30.0 Å². The van der Waals surface area contributed by atoms with Gasteiger partial charge in [0.2, 0.25) is 0 Å². The molecule has 2 fully saturated rings. The van der Waals surface area contributed by atoms with E-state index in [9.17, 15) is 14.0 Å². The highest BCUT2D eigenvalue weighted by Gasteiger charge is 2.45. The minimum absolute atomic E-state index is 0.0425. The zero-order valence-corrected chi connectivity index (χ0v) is 18.8. The van der Waals surface area contributed by atoms with Gasteiger partial charge in [0.25, 0.3) is 11.8 Å². The first-order valence-electron chi connectivity index (χ1n) is 11.8. The van der Waals surface area contributed by atoms with Crippen LogP contribution in [-0.4, -0.2) is 65.8 Å². The van der Waals surface area contributed by atoms with Crippen molar-refractivity contribution in [2.75, 3.05) is 27.2 Å². The molecule has 0 bridgehead atoms. The van der Waals surface area contributed by atoms with Gasteiger partial charge in [0, 0.05) is 19.1 Å². The summed E-state index contributed by atoms with van der Waals surface area (Å²) in [6.45, 7) is 1.95. The number of carbonyl (C=O) groups excluding carboxylic acids is 2. The Labute approximate surface area is 184 Å². The van der Waals surface area contributed by atoms with Crippen molar-refractivity contribution >= 4 is 17.4 Å². The highest BCUT2D eigenvalue weighted by Crippen LogP contribution is 2.36. The molecule has 2 aliphatic heterocycles. The summed E-state index contributed by atoms with van der Waals surface area (Å²) in [7, 11) is 4.06. The van der Waals surface area contributed by atoms with Crippen LogP contribution < -0.4 is 0 Å². The lowest BCUT2D eigenvalue weighted by Gasteiger charge is -2.37. The molecule has 2 amide bonds. The van der Waals surface area contributed by atoms with E-state index in [1.807, 2.05) is 11.9 Å². The average molecular weight is 428 g/mol. The van der Waals surface area contributed by atoms with Crippen molar-refractivity contribution in [3.8, 4) is 0 Å². The van der Waals surface area contributed by atoms with Crippen LogP contribution in [0.3, 0.4) is 0 Å². The lowest BCUT2D eigenvalue weighted by atomic mass is 9.95. The highest BCUT2D eigenvalue weighted by molar-refractivity contribution is 6.35. The van der Waals surface area contributed by atoms with E-state index in [1.165, 1.54) is 23.5 Å². The molecule has 1 aliphatic carbocycles. The van der Waals surface area contributed by atoms with Crippen LogP contribution in [0.4, 0.5) is 4.39 Å². The van der Waals surface area contributed by atoms with Crippen molar-refractivity contribution < 1.29 is 14.0 Å². The Balaban J connectivity index is 1.69. The predicted octanol–water partition coefficient (Wildman–Crippen LogP) is 4.04. The molecular formula is C25H34FN3O2. The van der Waals surface area contributed by atoms with Gasteiger partial charge < -0.3 is 9.80 Å². The molecule has 5 nitrogen and oxygen atoms in total. The second kappa shape index (κ2) is 9.51. The third-order valence-corrected chi connectivity index (χ3v) is 7.25. The number of imide groups is 1. The fourth-order valence-electron chi connectivity index (χ4n) is 5.33. The van der Waals surface area contributed by atoms with E-state index < -0.39 is 0 Å². The van der Waals surface area contributed by atoms with Crippen molar-refractivity contribution in [1.29, 1.82) is 0 Å². The monoisotopic (exact) mass is 427 g/mol. The number of rotatable bonds is 4. The molecule has 168 valence electrons. The number of likely N-dealkylation sites (N-methyl/N-ethyl adjacent to an activating group) is 1. The predicted molar refractivity (Wildman–Crippen MR) is 120 cm³/mol. The van der Waals surface area contributed by atoms with Gasteiger partial charge in [-0.05, 0) is 63.5 Å². The lowest BCUT2D eigenvalue weighted by Crippen LogP contribution is -2.45. The number of halogens is 1. The van der Waals surface area contributed by atoms with E-state index in [0.29, 0.717) is 16.8 Å². The largest absolute Gasteiger partial charge is 0.366 e. The topological polar surface area (TPSA) is 43.9 Å². The first kappa shape index (κ1) is 22.0. The van der Waals surface area contributed by atoms with Crippen molar-refractivity contribution in [1.82, 2.24) is 14.7 Å². The van der Waals surface area contributed by atoms with E-state index in [1.54, 1.807) is 12.1 Å². The van der Waals surface area contributed by atoms with Crippen molar-refractivity contribution in [2.45, 2.75) is 69.9 Å². The molecule has 3 aliphatic rings. The van der Waals surface area contributed by atoms with Crippen LogP contribution in [0.2, 0.25) is 0 Å². The number of amides is 2. The molecule has 0 radical (unpaired) electrons. The number of nitrogens with zero attached hydrogens (tertiary/aromatic N) is 3. The zero-order valence-electron chi connectivity index (χ0n) is 18.8. The number of piperidine rings is 1. The molecule has 4 rings (SSSR count). The van der Waals surface area contributed by atoms with Gasteiger partial charge >= 0.3 is 0 Å². The van der Waals surface area contributed by atoms with Gasteiger partial charge in [-0.3, -0.25) is 14.5 Å². The Morgan fingerprint density at radius 1 is 0.871 bits per heavy atom. The number of hydrogen-bond donors (Lipinski definition) is 0. The molecule has 0 aromatic heterocycles. The summed E-state index contributed by atoms with van der Waals surface area (Å²) in [5.41, 5.74) is 1.56. The van der Waals surface area contributed by atoms with Gasteiger partial charge in [-0.25, -0.2) is 4.39 Å². The fraction of sp³-hybridized carbons (Fsp3) is 0.600. The normalized spacial score (nSPS) is 22.7. The lowest BCUT2D eigenvalue weighted by molar-refractivity contribution is -0.140. The van der Waals surface area contributed by atoms with Crippen LogP contribution in [0, 0.1) is 5.82 Å². The van der Waals surface area contributed by atoms with Crippen LogP contribution >= 0.6 is 0 Å². The minimum atomic E-state index is -0.344. The maximum atomic E-state index is 13.7. The van der Waals surface area contributed by atoms with Gasteiger partial charge in [-0.1, -0.05) is 44.2 Å². The molecule has 0 unspecified atom stereocenters. The summed E-state index contributed by atoms with van der Waals surface area (Å²) in [5, 5.41) is 0. The second-order valence-corrected chi connectivity index (χ2v) is 9.36. The summed E-state index contributed by atoms with van der Waals surface area (Å²) in [4.78, 5) is 33.3. The Hall–Kier alpha value is -2.21. The molecule has 31 heavy (non-hydrogen) atoms. The smallest absolute Gasteiger partial charge is 0.278 e. The summed E-state index contributed by atoms with van der Waals surface area (Å²) >= 11 is 0. The van der Waals surface area contributed by atoms with Crippen LogP contribution in [-0.2, 0) is 9.59 Å². The molecule has 2 heterocycles. The van der Waals surface area contributed by atoms with Gasteiger partial charge in [0.15, 0.2) is 0 Å². The van der Waals surface area contributed by atoms with Crippen molar-refractivity contribution in [3.05, 3.63) is 41.3 Å². The van der Waals surface area contributed by atoms with E-state index in [4.69, 9.17) is 0 Å². The van der Waals surface area contributed by atoms with E-state index in [2.05, 4.69) is 11.9 Å². The van der Waals surface area contributed by atoms with Crippen molar-refractivity contribution in [3.63, 3.8) is 0 Å². The minimum Gasteiger partial charge on any atom is -0.366 e. The first-order valence-corrected chi connectivity index (χ1v) is 11.8. The molecule has 0 N–H and O–H groups in total. The Kier molecular flexibility index (Phi) is 6.75. The summed E-state index contributed by atoms with van der Waals surface area (Å²) in [6, 6.07) is 6.16. The van der Waals surface area contributed by atoms with Gasteiger partial charge in [-0.15, -0.1) is 0 Å². The van der Waals surface area contributed by atoms with Crippen LogP contribution in [0.25, 0.3) is 5.57 Å². The first-order chi connectivity index (χ1) is 15.0. The molecule has 1 aromatic rings. The van der Waals surface area contributed by atoms with E-state index in [0.717, 1.165) is 64.5 Å². The third kappa shape index (κ3) is 4.54. The Morgan fingerprint density at radius 2 is 1.45 bits per heavy atom. The standard InChI is InChI=1S/C25H34FN3O2/c1-27-16-14-20(15-17-27)28(2)23-22(18-10-12-19(26)13-11-18)24(30)29(25(23)31)21-8-6-4-3-5-7-9-21/h10-13,20-21H,3-9,14-17H2,1-2H3. The highest BCUT2D eigenvalue weighted by atomic mass is 19.1. The molecule has 1 saturated heterocycles. The zero-order chi connectivity index (χ0) is 22.0.